The molecular weight excluding hydrogens is 301 g/mol. The van der Waals surface area contributed by atoms with Crippen LogP contribution in [0.25, 0.3) is 0 Å². The Kier molecular flexibility index (Phi) is 4.08. The van der Waals surface area contributed by atoms with Gasteiger partial charge < -0.3 is 14.2 Å². The highest BCUT2D eigenvalue weighted by molar-refractivity contribution is 6.47. The topological polar surface area (TPSA) is 38.8 Å². The number of carbonyl (C=O) groups excluding carboxylic acids is 1. The number of anilines is 1. The van der Waals surface area contributed by atoms with Gasteiger partial charge in [-0.25, -0.2) is 0 Å². The average Bonchev–Trinajstić information content (AvgIpc) is 2.82. The summed E-state index contributed by atoms with van der Waals surface area (Å²) in [5.41, 5.74) is 0.755. The number of para-hydroxylation sites is 1. The lowest BCUT2D eigenvalue weighted by molar-refractivity contribution is -0.122. The third kappa shape index (κ3) is 2.49. The van der Waals surface area contributed by atoms with Gasteiger partial charge in [-0.3, -0.25) is 4.79 Å². The van der Waals surface area contributed by atoms with Gasteiger partial charge in [0.05, 0.1) is 16.6 Å². The number of hydrogen-bond acceptors (Lipinski definition) is 3. The molecule has 2 aliphatic heterocycles. The Morgan fingerprint density at radius 3 is 2.21 bits per heavy atom. The van der Waals surface area contributed by atoms with Crippen molar-refractivity contribution in [3.63, 3.8) is 0 Å². The minimum Gasteiger partial charge on any atom is -0.403 e. The largest absolute Gasteiger partial charge is 0.459 e. The molecule has 0 bridgehead atoms. The Labute approximate surface area is 145 Å². The second kappa shape index (κ2) is 5.60. The highest BCUT2D eigenvalue weighted by Gasteiger charge is 2.56. The summed E-state index contributed by atoms with van der Waals surface area (Å²) >= 11 is 0. The fourth-order valence-electron chi connectivity index (χ4n) is 3.72. The van der Waals surface area contributed by atoms with E-state index in [0.29, 0.717) is 6.32 Å². The van der Waals surface area contributed by atoms with Crippen LogP contribution in [-0.4, -0.2) is 30.8 Å². The fourth-order valence-corrected chi connectivity index (χ4v) is 3.72. The summed E-state index contributed by atoms with van der Waals surface area (Å²) in [7, 11) is -0.376. The summed E-state index contributed by atoms with van der Waals surface area (Å²) < 4.78 is 12.3. The van der Waals surface area contributed by atoms with Gasteiger partial charge in [-0.15, -0.1) is 0 Å². The Hall–Kier alpha value is -1.33. The number of hydrogen-bond donors (Lipinski definition) is 0. The monoisotopic (exact) mass is 329 g/mol. The Balaban J connectivity index is 1.92. The molecule has 1 aromatic rings. The average molecular weight is 329 g/mol. The maximum absolute atomic E-state index is 13.2. The van der Waals surface area contributed by atoms with E-state index in [9.17, 15) is 4.79 Å². The van der Waals surface area contributed by atoms with E-state index in [-0.39, 0.29) is 24.2 Å². The van der Waals surface area contributed by atoms with Crippen LogP contribution in [-0.2, 0) is 19.5 Å². The molecule has 0 radical (unpaired) electrons. The van der Waals surface area contributed by atoms with Crippen molar-refractivity contribution in [3.8, 4) is 0 Å². The van der Waals surface area contributed by atoms with Crippen molar-refractivity contribution < 1.29 is 14.1 Å². The van der Waals surface area contributed by atoms with Crippen molar-refractivity contribution in [2.45, 2.75) is 70.9 Å². The summed E-state index contributed by atoms with van der Waals surface area (Å²) in [5.74, 6) is 0.153. The first-order chi connectivity index (χ1) is 11.1. The van der Waals surface area contributed by atoms with E-state index >= 15 is 0 Å². The van der Waals surface area contributed by atoms with Gasteiger partial charge >= 0.3 is 7.12 Å². The molecule has 1 saturated heterocycles. The molecule has 0 aromatic heterocycles. The van der Waals surface area contributed by atoms with E-state index in [1.54, 1.807) is 0 Å². The molecule has 2 aliphatic rings. The zero-order valence-corrected chi connectivity index (χ0v) is 15.7. The molecule has 1 amide bonds. The number of amides is 1. The van der Waals surface area contributed by atoms with E-state index in [1.165, 1.54) is 0 Å². The van der Waals surface area contributed by atoms with Gasteiger partial charge in [0.1, 0.15) is 0 Å². The smallest absolute Gasteiger partial charge is 0.403 e. The van der Waals surface area contributed by atoms with Crippen LogP contribution < -0.4 is 4.90 Å². The van der Waals surface area contributed by atoms with Gasteiger partial charge in [0.25, 0.3) is 0 Å². The van der Waals surface area contributed by atoms with Crippen molar-refractivity contribution >= 4 is 18.7 Å². The van der Waals surface area contributed by atoms with Gasteiger partial charge in [0.15, 0.2) is 0 Å². The van der Waals surface area contributed by atoms with Crippen molar-refractivity contribution in [1.29, 1.82) is 0 Å². The Bertz CT molecular complexity index is 642. The van der Waals surface area contributed by atoms with Crippen molar-refractivity contribution in [1.82, 2.24) is 0 Å². The van der Waals surface area contributed by atoms with Gasteiger partial charge in [0, 0.05) is 18.6 Å². The molecule has 3 rings (SSSR count). The van der Waals surface area contributed by atoms with Crippen LogP contribution >= 0.6 is 0 Å². The number of fused-ring (bicyclic) bond motifs is 1. The predicted octanol–water partition coefficient (Wildman–Crippen LogP) is 3.79. The molecule has 0 aliphatic carbocycles. The standard InChI is InChI=1S/C19H28BNO3/c1-7-12-21-15-11-9-8-10-14(15)19(6,16(21)22)13-20-23-17(2,3)18(4,5)24-20/h8-11H,7,12-13H2,1-6H3. The maximum atomic E-state index is 13.2. The van der Waals surface area contributed by atoms with E-state index < -0.39 is 5.41 Å². The first-order valence-electron chi connectivity index (χ1n) is 8.89. The number of rotatable bonds is 4. The molecular formula is C19H28BNO3. The first kappa shape index (κ1) is 17.5. The lowest BCUT2D eigenvalue weighted by Gasteiger charge is -2.32. The molecule has 0 spiro atoms. The van der Waals surface area contributed by atoms with Gasteiger partial charge in [-0.1, -0.05) is 25.1 Å². The van der Waals surface area contributed by atoms with Crippen LogP contribution in [0.5, 0.6) is 0 Å². The number of nitrogens with zero attached hydrogens (tertiary/aromatic N) is 1. The molecule has 0 N–H and O–H groups in total. The third-order valence-corrected chi connectivity index (χ3v) is 5.83. The molecule has 1 unspecified atom stereocenters. The number of benzene rings is 1. The molecule has 1 fully saturated rings. The zero-order chi connectivity index (χ0) is 17.8. The Morgan fingerprint density at radius 2 is 1.62 bits per heavy atom. The molecule has 0 saturated carbocycles. The molecule has 4 nitrogen and oxygen atoms in total. The van der Waals surface area contributed by atoms with Crippen LogP contribution in [0.2, 0.25) is 6.32 Å². The molecule has 130 valence electrons. The molecule has 1 atom stereocenters. The normalized spacial score (nSPS) is 27.7. The van der Waals surface area contributed by atoms with E-state index in [1.807, 2.05) is 57.7 Å². The van der Waals surface area contributed by atoms with E-state index in [0.717, 1.165) is 24.2 Å². The molecule has 1 aromatic carbocycles. The van der Waals surface area contributed by atoms with Crippen LogP contribution in [0, 0.1) is 0 Å². The van der Waals surface area contributed by atoms with Gasteiger partial charge in [0.2, 0.25) is 5.91 Å². The summed E-state index contributed by atoms with van der Waals surface area (Å²) in [5, 5.41) is 0. The van der Waals surface area contributed by atoms with Crippen molar-refractivity contribution in [2.24, 2.45) is 0 Å². The zero-order valence-electron chi connectivity index (χ0n) is 15.7. The highest BCUT2D eigenvalue weighted by Crippen LogP contribution is 2.47. The van der Waals surface area contributed by atoms with Crippen molar-refractivity contribution in [3.05, 3.63) is 29.8 Å². The molecule has 24 heavy (non-hydrogen) atoms. The molecule has 2 heterocycles. The second-order valence-corrected chi connectivity index (χ2v) is 8.20. The Morgan fingerprint density at radius 1 is 1.04 bits per heavy atom. The van der Waals surface area contributed by atoms with Crippen LogP contribution in [0.15, 0.2) is 24.3 Å². The summed E-state index contributed by atoms with van der Waals surface area (Å²) in [6.45, 7) is 13.0. The van der Waals surface area contributed by atoms with Crippen LogP contribution in [0.1, 0.15) is 53.5 Å². The van der Waals surface area contributed by atoms with Crippen LogP contribution in [0.4, 0.5) is 5.69 Å². The minimum atomic E-state index is -0.604. The lowest BCUT2D eigenvalue weighted by atomic mass is 9.66. The second-order valence-electron chi connectivity index (χ2n) is 8.20. The van der Waals surface area contributed by atoms with Crippen molar-refractivity contribution in [2.75, 3.05) is 11.4 Å². The predicted molar refractivity (Wildman–Crippen MR) is 97.3 cm³/mol. The SMILES string of the molecule is CCCN1C(=O)C(C)(CB2OC(C)(C)C(C)(C)O2)c2ccccc21. The summed E-state index contributed by atoms with van der Waals surface area (Å²) in [6, 6.07) is 8.10. The first-order valence-corrected chi connectivity index (χ1v) is 8.89. The third-order valence-electron chi connectivity index (χ3n) is 5.83. The fraction of sp³-hybridized carbons (Fsp3) is 0.632. The van der Waals surface area contributed by atoms with E-state index in [4.69, 9.17) is 9.31 Å². The maximum Gasteiger partial charge on any atom is 0.459 e. The quantitative estimate of drug-likeness (QED) is 0.789. The van der Waals surface area contributed by atoms with Gasteiger partial charge in [-0.2, -0.15) is 0 Å². The van der Waals surface area contributed by atoms with E-state index in [2.05, 4.69) is 13.0 Å². The molecule has 5 heteroatoms. The van der Waals surface area contributed by atoms with Gasteiger partial charge in [-0.05, 0) is 52.7 Å². The summed E-state index contributed by atoms with van der Waals surface area (Å²) in [6.07, 6.45) is 1.47. The lowest BCUT2D eigenvalue weighted by Crippen LogP contribution is -2.42. The van der Waals surface area contributed by atoms with Crippen LogP contribution in [0.3, 0.4) is 0 Å². The minimum absolute atomic E-state index is 0.153. The highest BCUT2D eigenvalue weighted by atomic mass is 16.7. The number of carbonyl (C=O) groups is 1. The summed E-state index contributed by atoms with van der Waals surface area (Å²) in [4.78, 5) is 15.1.